The van der Waals surface area contributed by atoms with Crippen molar-refractivity contribution < 1.29 is 23.9 Å². The van der Waals surface area contributed by atoms with Crippen molar-refractivity contribution in [3.05, 3.63) is 82.8 Å². The molecule has 0 bridgehead atoms. The van der Waals surface area contributed by atoms with Gasteiger partial charge in [0, 0.05) is 5.56 Å². The van der Waals surface area contributed by atoms with Crippen LogP contribution in [0.15, 0.2) is 71.6 Å². The lowest BCUT2D eigenvalue weighted by Crippen LogP contribution is -2.48. The third-order valence-electron chi connectivity index (χ3n) is 5.53. The minimum atomic E-state index is -1.97. The lowest BCUT2D eigenvalue weighted by molar-refractivity contribution is -0.141. The van der Waals surface area contributed by atoms with Crippen molar-refractivity contribution in [1.29, 1.82) is 5.26 Å². The summed E-state index contributed by atoms with van der Waals surface area (Å²) in [5.41, 5.74) is 10.0. The number of nitriles is 1. The number of rotatable bonds is 5. The van der Waals surface area contributed by atoms with Crippen LogP contribution in [0.25, 0.3) is 5.70 Å². The molecule has 9 nitrogen and oxygen atoms in total. The van der Waals surface area contributed by atoms with E-state index in [0.29, 0.717) is 5.56 Å². The Kier molecular flexibility index (Phi) is 5.35. The van der Waals surface area contributed by atoms with E-state index >= 15 is 0 Å². The summed E-state index contributed by atoms with van der Waals surface area (Å²) in [6, 6.07) is 17.0. The van der Waals surface area contributed by atoms with E-state index in [1.807, 2.05) is 6.07 Å². The van der Waals surface area contributed by atoms with Crippen LogP contribution in [0.3, 0.4) is 0 Å². The van der Waals surface area contributed by atoms with E-state index in [-0.39, 0.29) is 40.6 Å². The number of para-hydroxylation sites is 1. The number of amides is 2. The minimum absolute atomic E-state index is 0.0176. The molecule has 1 atom stereocenters. The van der Waals surface area contributed by atoms with E-state index < -0.39 is 29.7 Å². The molecule has 0 aliphatic carbocycles. The summed E-state index contributed by atoms with van der Waals surface area (Å²) in [5, 5.41) is 10.1. The van der Waals surface area contributed by atoms with Gasteiger partial charge in [0.05, 0.1) is 17.9 Å². The number of hydrogen-bond donors (Lipinski definition) is 2. The second-order valence-electron chi connectivity index (χ2n) is 7.37. The molecule has 0 fully saturated rings. The van der Waals surface area contributed by atoms with Gasteiger partial charge >= 0.3 is 5.97 Å². The van der Waals surface area contributed by atoms with Gasteiger partial charge in [-0.25, -0.2) is 4.79 Å². The van der Waals surface area contributed by atoms with E-state index in [2.05, 4.69) is 0 Å². The van der Waals surface area contributed by atoms with Crippen LogP contribution in [0.1, 0.15) is 18.1 Å². The molecule has 1 spiro atoms. The van der Waals surface area contributed by atoms with E-state index in [0.717, 1.165) is 4.90 Å². The zero-order valence-corrected chi connectivity index (χ0v) is 17.7. The number of fused-ring (bicyclic) bond motifs is 2. The second-order valence-corrected chi connectivity index (χ2v) is 7.37. The second kappa shape index (κ2) is 8.16. The molecule has 2 aromatic carbocycles. The Bertz CT molecular complexity index is 1280. The van der Waals surface area contributed by atoms with Crippen LogP contribution >= 0.6 is 0 Å². The fraction of sp³-hybridized carbons (Fsp3) is 0.167. The highest BCUT2D eigenvalue weighted by Gasteiger charge is 2.63. The quantitative estimate of drug-likeness (QED) is 0.661. The number of carbonyl (C=O) groups is 3. The molecule has 2 aromatic rings. The normalized spacial score (nSPS) is 19.3. The first-order chi connectivity index (χ1) is 15.9. The largest absolute Gasteiger partial charge is 0.463 e. The summed E-state index contributed by atoms with van der Waals surface area (Å²) in [5.74, 6) is -2.46. The molecule has 2 amide bonds. The number of nitrogens with zero attached hydrogens (tertiary/aromatic N) is 2. The molecule has 33 heavy (non-hydrogen) atoms. The maximum Gasteiger partial charge on any atom is 0.337 e. The first-order valence-electron chi connectivity index (χ1n) is 10.1. The SMILES string of the molecule is CCOC(=O)C1=C(c2ccccc2)N(CC(N)=O)C(=O)C12C(C#N)=C(N)Oc1ccccc12. The molecule has 1 unspecified atom stereocenters. The number of benzene rings is 2. The number of primary amides is 1. The summed E-state index contributed by atoms with van der Waals surface area (Å²) < 4.78 is 11.0. The van der Waals surface area contributed by atoms with Crippen molar-refractivity contribution >= 4 is 23.5 Å². The molecule has 166 valence electrons. The Hall–Kier alpha value is -4.58. The van der Waals surface area contributed by atoms with Gasteiger partial charge in [-0.3, -0.25) is 9.59 Å². The lowest BCUT2D eigenvalue weighted by atomic mass is 9.67. The minimum Gasteiger partial charge on any atom is -0.463 e. The Labute approximate surface area is 189 Å². The zero-order valence-electron chi connectivity index (χ0n) is 17.7. The summed E-state index contributed by atoms with van der Waals surface area (Å²) in [7, 11) is 0. The molecular weight excluding hydrogens is 424 g/mol. The topological polar surface area (TPSA) is 149 Å². The number of ether oxygens (including phenoxy) is 2. The van der Waals surface area contributed by atoms with Gasteiger partial charge < -0.3 is 25.8 Å². The predicted octanol–water partition coefficient (Wildman–Crippen LogP) is 1.31. The molecule has 0 saturated carbocycles. The van der Waals surface area contributed by atoms with Gasteiger partial charge in [0.25, 0.3) is 0 Å². The lowest BCUT2D eigenvalue weighted by Gasteiger charge is -2.35. The van der Waals surface area contributed by atoms with Gasteiger partial charge in [-0.1, -0.05) is 48.5 Å². The van der Waals surface area contributed by atoms with Crippen LogP contribution < -0.4 is 16.2 Å². The maximum atomic E-state index is 14.2. The van der Waals surface area contributed by atoms with E-state index in [4.69, 9.17) is 20.9 Å². The first kappa shape index (κ1) is 21.6. The fourth-order valence-electron chi connectivity index (χ4n) is 4.35. The van der Waals surface area contributed by atoms with Crippen LogP contribution in [0, 0.1) is 11.3 Å². The van der Waals surface area contributed by atoms with Crippen molar-refractivity contribution in [3.8, 4) is 11.8 Å². The van der Waals surface area contributed by atoms with Crippen LogP contribution in [0.5, 0.6) is 5.75 Å². The Morgan fingerprint density at radius 2 is 1.82 bits per heavy atom. The predicted molar refractivity (Wildman–Crippen MR) is 116 cm³/mol. The van der Waals surface area contributed by atoms with E-state index in [1.165, 1.54) is 0 Å². The first-order valence-corrected chi connectivity index (χ1v) is 10.1. The van der Waals surface area contributed by atoms with Crippen molar-refractivity contribution in [2.45, 2.75) is 12.3 Å². The molecule has 0 aromatic heterocycles. The number of esters is 1. The molecule has 0 radical (unpaired) electrons. The highest BCUT2D eigenvalue weighted by molar-refractivity contribution is 6.20. The van der Waals surface area contributed by atoms with Crippen molar-refractivity contribution in [3.63, 3.8) is 0 Å². The molecule has 9 heteroatoms. The summed E-state index contributed by atoms with van der Waals surface area (Å²) in [6.07, 6.45) is 0. The number of nitrogens with two attached hydrogens (primary N) is 2. The summed E-state index contributed by atoms with van der Waals surface area (Å²) in [6.45, 7) is 1.12. The molecule has 2 aliphatic rings. The van der Waals surface area contributed by atoms with Gasteiger partial charge in [-0.05, 0) is 18.6 Å². The van der Waals surface area contributed by atoms with Gasteiger partial charge in [0.1, 0.15) is 23.9 Å². The Morgan fingerprint density at radius 1 is 1.15 bits per heavy atom. The van der Waals surface area contributed by atoms with Crippen LogP contribution in [-0.2, 0) is 24.5 Å². The molecule has 4 N–H and O–H groups in total. The summed E-state index contributed by atoms with van der Waals surface area (Å²) >= 11 is 0. The van der Waals surface area contributed by atoms with Gasteiger partial charge in [0.2, 0.25) is 17.7 Å². The van der Waals surface area contributed by atoms with E-state index in [1.54, 1.807) is 61.5 Å². The van der Waals surface area contributed by atoms with Gasteiger partial charge in [-0.2, -0.15) is 5.26 Å². The fourth-order valence-corrected chi connectivity index (χ4v) is 4.35. The van der Waals surface area contributed by atoms with Gasteiger partial charge in [-0.15, -0.1) is 0 Å². The third kappa shape index (κ3) is 3.11. The molecule has 0 saturated heterocycles. The average Bonchev–Trinajstić information content (AvgIpc) is 3.04. The van der Waals surface area contributed by atoms with Crippen molar-refractivity contribution in [2.75, 3.05) is 13.2 Å². The van der Waals surface area contributed by atoms with Crippen LogP contribution in [0.2, 0.25) is 0 Å². The highest BCUT2D eigenvalue weighted by Crippen LogP contribution is 2.55. The van der Waals surface area contributed by atoms with Crippen molar-refractivity contribution in [1.82, 2.24) is 4.90 Å². The number of hydrogen-bond acceptors (Lipinski definition) is 7. The zero-order chi connectivity index (χ0) is 23.8. The molecular formula is C24H20N4O5. The highest BCUT2D eigenvalue weighted by atomic mass is 16.5. The monoisotopic (exact) mass is 444 g/mol. The van der Waals surface area contributed by atoms with Crippen LogP contribution in [-0.4, -0.2) is 35.8 Å². The summed E-state index contributed by atoms with van der Waals surface area (Å²) in [4.78, 5) is 40.7. The average molecular weight is 444 g/mol. The standard InChI is InChI=1S/C24H20N4O5/c1-2-32-22(30)19-20(14-8-4-3-5-9-14)28(13-18(26)29)23(31)24(19)15-10-6-7-11-17(15)33-21(27)16(24)12-25/h3-11H,2,13,27H2,1H3,(H2,26,29). The molecule has 2 heterocycles. The van der Waals surface area contributed by atoms with Gasteiger partial charge in [0.15, 0.2) is 5.41 Å². The smallest absolute Gasteiger partial charge is 0.337 e. The van der Waals surface area contributed by atoms with Crippen molar-refractivity contribution in [2.24, 2.45) is 11.5 Å². The molecule has 4 rings (SSSR count). The molecule has 2 aliphatic heterocycles. The Balaban J connectivity index is 2.19. The maximum absolute atomic E-state index is 14.2. The number of carbonyl (C=O) groups excluding carboxylic acids is 3. The Morgan fingerprint density at radius 3 is 2.45 bits per heavy atom. The third-order valence-corrected chi connectivity index (χ3v) is 5.53. The van der Waals surface area contributed by atoms with Crippen LogP contribution in [0.4, 0.5) is 0 Å². The van der Waals surface area contributed by atoms with E-state index in [9.17, 15) is 19.6 Å².